The van der Waals surface area contributed by atoms with Crippen LogP contribution in [-0.2, 0) is 10.0 Å². The Kier molecular flexibility index (Phi) is 5.08. The Balaban J connectivity index is 2.13. The predicted molar refractivity (Wildman–Crippen MR) is 79.0 cm³/mol. The van der Waals surface area contributed by atoms with Gasteiger partial charge in [0, 0.05) is 6.54 Å². The van der Waals surface area contributed by atoms with Crippen LogP contribution in [0.25, 0.3) is 0 Å². The van der Waals surface area contributed by atoms with Gasteiger partial charge in [-0.2, -0.15) is 0 Å². The van der Waals surface area contributed by atoms with Gasteiger partial charge < -0.3 is 10.8 Å². The summed E-state index contributed by atoms with van der Waals surface area (Å²) in [6, 6.07) is 1.87. The summed E-state index contributed by atoms with van der Waals surface area (Å²) < 4.78 is 40.1. The number of sulfonamides is 1. The smallest absolute Gasteiger partial charge is 0.242 e. The SMILES string of the molecule is Nc1cc(S(=O)(=O)NCC2CCCCC2O)c(Cl)cc1F. The fourth-order valence-corrected chi connectivity index (χ4v) is 4.11. The summed E-state index contributed by atoms with van der Waals surface area (Å²) in [7, 11) is -3.89. The van der Waals surface area contributed by atoms with Crippen LogP contribution in [0.15, 0.2) is 17.0 Å². The fraction of sp³-hybridized carbons (Fsp3) is 0.538. The maximum atomic E-state index is 13.2. The third-order valence-corrected chi connectivity index (χ3v) is 5.63. The number of aliphatic hydroxyl groups excluding tert-OH is 1. The van der Waals surface area contributed by atoms with Crippen molar-refractivity contribution in [3.05, 3.63) is 23.0 Å². The zero-order valence-electron chi connectivity index (χ0n) is 11.4. The second-order valence-corrected chi connectivity index (χ2v) is 7.41. The van der Waals surface area contributed by atoms with E-state index >= 15 is 0 Å². The van der Waals surface area contributed by atoms with Crippen LogP contribution in [0.5, 0.6) is 0 Å². The normalized spacial score (nSPS) is 23.2. The maximum absolute atomic E-state index is 13.2. The number of nitrogen functional groups attached to an aromatic ring is 1. The summed E-state index contributed by atoms with van der Waals surface area (Å²) >= 11 is 5.77. The maximum Gasteiger partial charge on any atom is 0.242 e. The number of halogens is 2. The molecule has 0 aromatic heterocycles. The lowest BCUT2D eigenvalue weighted by Crippen LogP contribution is -2.36. The zero-order chi connectivity index (χ0) is 15.6. The predicted octanol–water partition coefficient (Wildman–Crippen LogP) is 1.89. The molecule has 5 nitrogen and oxygen atoms in total. The number of hydrogen-bond donors (Lipinski definition) is 3. The van der Waals surface area contributed by atoms with E-state index in [4.69, 9.17) is 17.3 Å². The third kappa shape index (κ3) is 3.85. The van der Waals surface area contributed by atoms with Gasteiger partial charge in [-0.15, -0.1) is 0 Å². The summed E-state index contributed by atoms with van der Waals surface area (Å²) in [5.41, 5.74) is 5.10. The van der Waals surface area contributed by atoms with E-state index in [0.29, 0.717) is 6.42 Å². The van der Waals surface area contributed by atoms with Gasteiger partial charge in [0.1, 0.15) is 10.7 Å². The molecule has 0 heterocycles. The summed E-state index contributed by atoms with van der Waals surface area (Å²) in [4.78, 5) is -0.256. The van der Waals surface area contributed by atoms with Gasteiger partial charge in [-0.25, -0.2) is 17.5 Å². The molecule has 0 radical (unpaired) electrons. The Morgan fingerprint density at radius 1 is 1.38 bits per heavy atom. The highest BCUT2D eigenvalue weighted by molar-refractivity contribution is 7.89. The highest BCUT2D eigenvalue weighted by Crippen LogP contribution is 2.27. The topological polar surface area (TPSA) is 92.4 Å². The molecule has 1 fully saturated rings. The van der Waals surface area contributed by atoms with Crippen molar-refractivity contribution in [2.45, 2.75) is 36.7 Å². The lowest BCUT2D eigenvalue weighted by atomic mass is 9.87. The van der Waals surface area contributed by atoms with Crippen molar-refractivity contribution in [1.29, 1.82) is 0 Å². The van der Waals surface area contributed by atoms with Crippen LogP contribution >= 0.6 is 11.6 Å². The first-order chi connectivity index (χ1) is 9.81. The lowest BCUT2D eigenvalue weighted by Gasteiger charge is -2.27. The molecule has 1 aliphatic carbocycles. The molecule has 1 saturated carbocycles. The van der Waals surface area contributed by atoms with Gasteiger partial charge in [-0.1, -0.05) is 24.4 Å². The minimum Gasteiger partial charge on any atom is -0.396 e. The van der Waals surface area contributed by atoms with Crippen molar-refractivity contribution < 1.29 is 17.9 Å². The number of nitrogens with two attached hydrogens (primary N) is 1. The fourth-order valence-electron chi connectivity index (χ4n) is 2.47. The Labute approximate surface area is 128 Å². The number of benzene rings is 1. The van der Waals surface area contributed by atoms with Gasteiger partial charge in [0.2, 0.25) is 10.0 Å². The number of rotatable bonds is 4. The average Bonchev–Trinajstić information content (AvgIpc) is 2.42. The molecule has 1 aromatic rings. The summed E-state index contributed by atoms with van der Waals surface area (Å²) in [6.45, 7) is 0.122. The van der Waals surface area contributed by atoms with Crippen LogP contribution in [-0.4, -0.2) is 26.2 Å². The molecule has 0 saturated heterocycles. The van der Waals surface area contributed by atoms with Crippen LogP contribution in [0.2, 0.25) is 5.02 Å². The molecule has 1 aliphatic rings. The van der Waals surface area contributed by atoms with Crippen LogP contribution in [0, 0.1) is 11.7 Å². The second kappa shape index (κ2) is 6.48. The van der Waals surface area contributed by atoms with Gasteiger partial charge in [0.25, 0.3) is 0 Å². The van der Waals surface area contributed by atoms with Gasteiger partial charge >= 0.3 is 0 Å². The van der Waals surface area contributed by atoms with Crippen LogP contribution in [0.3, 0.4) is 0 Å². The van der Waals surface area contributed by atoms with Crippen LogP contribution in [0.1, 0.15) is 25.7 Å². The highest BCUT2D eigenvalue weighted by Gasteiger charge is 2.26. The molecule has 2 atom stereocenters. The minimum absolute atomic E-state index is 0.120. The monoisotopic (exact) mass is 336 g/mol. The molecule has 2 unspecified atom stereocenters. The van der Waals surface area contributed by atoms with E-state index in [1.54, 1.807) is 0 Å². The first kappa shape index (κ1) is 16.5. The van der Waals surface area contributed by atoms with E-state index in [-0.39, 0.29) is 28.1 Å². The molecule has 0 amide bonds. The molecular formula is C13H18ClFN2O3S. The molecule has 8 heteroatoms. The molecule has 118 valence electrons. The quantitative estimate of drug-likeness (QED) is 0.732. The molecule has 0 spiro atoms. The Hall–Kier alpha value is -0.890. The van der Waals surface area contributed by atoms with E-state index in [9.17, 15) is 17.9 Å². The molecule has 21 heavy (non-hydrogen) atoms. The van der Waals surface area contributed by atoms with Crippen molar-refractivity contribution >= 4 is 27.3 Å². The molecule has 0 aliphatic heterocycles. The van der Waals surface area contributed by atoms with E-state index in [0.717, 1.165) is 31.4 Å². The minimum atomic E-state index is -3.89. The summed E-state index contributed by atoms with van der Waals surface area (Å²) in [5.74, 6) is -0.883. The standard InChI is InChI=1S/C13H18ClFN2O3S/c14-9-5-10(15)11(16)6-13(9)21(19,20)17-7-8-3-1-2-4-12(8)18/h5-6,8,12,17-18H,1-4,7,16H2. The Morgan fingerprint density at radius 2 is 2.05 bits per heavy atom. The van der Waals surface area contributed by atoms with Crippen molar-refractivity contribution in [3.8, 4) is 0 Å². The largest absolute Gasteiger partial charge is 0.396 e. The van der Waals surface area contributed by atoms with E-state index in [1.807, 2.05) is 0 Å². The van der Waals surface area contributed by atoms with Gasteiger partial charge in [-0.05, 0) is 30.9 Å². The third-order valence-electron chi connectivity index (χ3n) is 3.75. The molecular weight excluding hydrogens is 319 g/mol. The lowest BCUT2D eigenvalue weighted by molar-refractivity contribution is 0.0724. The number of nitrogens with one attached hydrogen (secondary N) is 1. The van der Waals surface area contributed by atoms with Gasteiger partial charge in [0.15, 0.2) is 0 Å². The number of hydrogen-bond acceptors (Lipinski definition) is 4. The molecule has 2 rings (SSSR count). The molecule has 0 bridgehead atoms. The van der Waals surface area contributed by atoms with Gasteiger partial charge in [-0.3, -0.25) is 0 Å². The first-order valence-corrected chi connectivity index (χ1v) is 8.59. The van der Waals surface area contributed by atoms with Crippen molar-refractivity contribution in [2.24, 2.45) is 5.92 Å². The Bertz CT molecular complexity index is 624. The Morgan fingerprint density at radius 3 is 2.71 bits per heavy atom. The zero-order valence-corrected chi connectivity index (χ0v) is 12.9. The molecule has 4 N–H and O–H groups in total. The van der Waals surface area contributed by atoms with E-state index < -0.39 is 21.9 Å². The summed E-state index contributed by atoms with van der Waals surface area (Å²) in [5, 5.41) is 9.62. The van der Waals surface area contributed by atoms with Crippen LogP contribution < -0.4 is 10.5 Å². The van der Waals surface area contributed by atoms with Crippen LogP contribution in [0.4, 0.5) is 10.1 Å². The first-order valence-electron chi connectivity index (χ1n) is 6.73. The second-order valence-electron chi connectivity index (χ2n) is 5.27. The van der Waals surface area contributed by atoms with E-state index in [1.165, 1.54) is 0 Å². The molecule has 1 aromatic carbocycles. The van der Waals surface area contributed by atoms with Crippen molar-refractivity contribution in [2.75, 3.05) is 12.3 Å². The highest BCUT2D eigenvalue weighted by atomic mass is 35.5. The number of aliphatic hydroxyl groups is 1. The summed E-state index contributed by atoms with van der Waals surface area (Å²) in [6.07, 6.45) is 2.85. The number of anilines is 1. The van der Waals surface area contributed by atoms with E-state index in [2.05, 4.69) is 4.72 Å². The van der Waals surface area contributed by atoms with Crippen molar-refractivity contribution in [1.82, 2.24) is 4.72 Å². The van der Waals surface area contributed by atoms with Gasteiger partial charge in [0.05, 0.1) is 16.8 Å². The van der Waals surface area contributed by atoms with Crippen molar-refractivity contribution in [3.63, 3.8) is 0 Å². The average molecular weight is 337 g/mol.